The van der Waals surface area contributed by atoms with Crippen molar-refractivity contribution in [1.82, 2.24) is 10.3 Å². The maximum Gasteiger partial charge on any atom is 0.407 e. The number of carbonyl (C=O) groups excluding carboxylic acids is 2. The average Bonchev–Trinajstić information content (AvgIpc) is 2.98. The minimum absolute atomic E-state index is 0.0803. The fourth-order valence-corrected chi connectivity index (χ4v) is 2.80. The van der Waals surface area contributed by atoms with E-state index >= 15 is 0 Å². The van der Waals surface area contributed by atoms with E-state index in [1.54, 1.807) is 13.1 Å². The number of halogens is 2. The van der Waals surface area contributed by atoms with Gasteiger partial charge in [0.1, 0.15) is 0 Å². The second-order valence-corrected chi connectivity index (χ2v) is 6.12. The zero-order chi connectivity index (χ0) is 18.2. The molecule has 0 unspecified atom stereocenters. The number of ether oxygens (including phenoxy) is 1. The van der Waals surface area contributed by atoms with Gasteiger partial charge >= 0.3 is 6.09 Å². The van der Waals surface area contributed by atoms with Crippen molar-refractivity contribution in [2.24, 2.45) is 0 Å². The number of alkyl carbamates (subject to hydrolysis) is 1. The van der Waals surface area contributed by atoms with Gasteiger partial charge in [-0.25, -0.2) is 18.6 Å². The third-order valence-electron chi connectivity index (χ3n) is 3.06. The van der Waals surface area contributed by atoms with Crippen molar-refractivity contribution in [1.29, 1.82) is 0 Å². The van der Waals surface area contributed by atoms with E-state index < -0.39 is 17.7 Å². The van der Waals surface area contributed by atoms with Gasteiger partial charge in [-0.1, -0.05) is 6.07 Å². The molecule has 2 amide bonds. The predicted molar refractivity (Wildman–Crippen MR) is 89.5 cm³/mol. The first-order valence-corrected chi connectivity index (χ1v) is 8.38. The Balaban J connectivity index is 1.81. The lowest BCUT2D eigenvalue weighted by molar-refractivity contribution is -0.116. The molecule has 0 aliphatic carbocycles. The minimum atomic E-state index is -0.898. The summed E-state index contributed by atoms with van der Waals surface area (Å²) in [5.74, 6) is -2.09. The highest BCUT2D eigenvalue weighted by atomic mass is 32.1. The summed E-state index contributed by atoms with van der Waals surface area (Å²) in [5.41, 5.74) is 0.610. The van der Waals surface area contributed by atoms with Crippen LogP contribution in [0.25, 0.3) is 0 Å². The number of anilines is 1. The van der Waals surface area contributed by atoms with Gasteiger partial charge in [0.05, 0.1) is 6.61 Å². The first-order valence-electron chi connectivity index (χ1n) is 7.57. The topological polar surface area (TPSA) is 80.3 Å². The summed E-state index contributed by atoms with van der Waals surface area (Å²) in [7, 11) is 0. The van der Waals surface area contributed by atoms with Crippen LogP contribution in [0.15, 0.2) is 24.4 Å². The van der Waals surface area contributed by atoms with E-state index in [-0.39, 0.29) is 25.5 Å². The number of hydrogen-bond acceptors (Lipinski definition) is 5. The number of aromatic nitrogens is 1. The molecule has 0 atom stereocenters. The third-order valence-corrected chi connectivity index (χ3v) is 3.97. The van der Waals surface area contributed by atoms with Gasteiger partial charge in [-0.15, -0.1) is 11.3 Å². The Bertz CT molecular complexity index is 752. The van der Waals surface area contributed by atoms with Gasteiger partial charge in [-0.2, -0.15) is 0 Å². The lowest BCUT2D eigenvalue weighted by atomic mass is 10.1. The number of nitrogens with zero attached hydrogens (tertiary/aromatic N) is 1. The van der Waals surface area contributed by atoms with Gasteiger partial charge in [0.25, 0.3) is 0 Å². The van der Waals surface area contributed by atoms with Gasteiger partial charge in [0.15, 0.2) is 16.8 Å². The molecular formula is C16H17F2N3O3S. The Morgan fingerprint density at radius 1 is 1.28 bits per heavy atom. The van der Waals surface area contributed by atoms with E-state index in [0.717, 1.165) is 17.0 Å². The summed E-state index contributed by atoms with van der Waals surface area (Å²) in [4.78, 5) is 27.7. The van der Waals surface area contributed by atoms with Crippen molar-refractivity contribution >= 4 is 28.5 Å². The molecule has 0 saturated carbocycles. The summed E-state index contributed by atoms with van der Waals surface area (Å²) in [5, 5.41) is 5.46. The molecule has 0 radical (unpaired) electrons. The molecular weight excluding hydrogens is 352 g/mol. The van der Waals surface area contributed by atoms with Crippen molar-refractivity contribution in [2.75, 3.05) is 18.5 Å². The van der Waals surface area contributed by atoms with Crippen LogP contribution in [0.3, 0.4) is 0 Å². The molecule has 6 nitrogen and oxygen atoms in total. The molecule has 25 heavy (non-hydrogen) atoms. The number of rotatable bonds is 7. The number of benzene rings is 1. The lowest BCUT2D eigenvalue weighted by Gasteiger charge is -2.04. The van der Waals surface area contributed by atoms with Crippen LogP contribution >= 0.6 is 11.3 Å². The Kier molecular flexibility index (Phi) is 6.81. The molecule has 1 aromatic heterocycles. The van der Waals surface area contributed by atoms with Crippen LogP contribution in [-0.2, 0) is 16.0 Å². The third kappa shape index (κ3) is 6.11. The van der Waals surface area contributed by atoms with Crippen molar-refractivity contribution < 1.29 is 23.1 Å². The summed E-state index contributed by atoms with van der Waals surface area (Å²) in [6, 6.07) is 3.71. The summed E-state index contributed by atoms with van der Waals surface area (Å²) < 4.78 is 30.8. The molecule has 2 aromatic rings. The lowest BCUT2D eigenvalue weighted by Crippen LogP contribution is -2.28. The molecule has 134 valence electrons. The van der Waals surface area contributed by atoms with E-state index in [4.69, 9.17) is 0 Å². The van der Waals surface area contributed by atoms with Crippen molar-refractivity contribution in [3.8, 4) is 0 Å². The molecule has 2 N–H and O–H groups in total. The minimum Gasteiger partial charge on any atom is -0.450 e. The zero-order valence-electron chi connectivity index (χ0n) is 13.5. The molecule has 0 bridgehead atoms. The molecule has 1 aromatic carbocycles. The van der Waals surface area contributed by atoms with E-state index in [1.807, 2.05) is 0 Å². The predicted octanol–water partition coefficient (Wildman–Crippen LogP) is 3.09. The number of carbonyl (C=O) groups is 2. The van der Waals surface area contributed by atoms with Gasteiger partial charge in [-0.05, 0) is 24.6 Å². The highest BCUT2D eigenvalue weighted by molar-refractivity contribution is 7.15. The van der Waals surface area contributed by atoms with Crippen LogP contribution in [-0.4, -0.2) is 30.1 Å². The quantitative estimate of drug-likeness (QED) is 0.786. The van der Waals surface area contributed by atoms with Gasteiger partial charge in [0.2, 0.25) is 5.91 Å². The molecule has 0 aliphatic heterocycles. The average molecular weight is 369 g/mol. The van der Waals surface area contributed by atoms with Crippen LogP contribution in [0.5, 0.6) is 0 Å². The number of amides is 2. The summed E-state index contributed by atoms with van der Waals surface area (Å²) >= 11 is 1.24. The van der Waals surface area contributed by atoms with Crippen molar-refractivity contribution in [3.05, 3.63) is 46.5 Å². The van der Waals surface area contributed by atoms with E-state index in [2.05, 4.69) is 20.4 Å². The zero-order valence-corrected chi connectivity index (χ0v) is 14.3. The Labute approximate surface area is 147 Å². The molecule has 1 heterocycles. The number of thiazole rings is 1. The maximum atomic E-state index is 13.2. The first kappa shape index (κ1) is 18.8. The number of nitrogens with one attached hydrogen (secondary N) is 2. The molecule has 0 saturated heterocycles. The summed E-state index contributed by atoms with van der Waals surface area (Å²) in [6.07, 6.45) is 1.46. The summed E-state index contributed by atoms with van der Waals surface area (Å²) in [6.45, 7) is 2.10. The fourth-order valence-electron chi connectivity index (χ4n) is 1.94. The van der Waals surface area contributed by atoms with E-state index in [9.17, 15) is 18.4 Å². The van der Waals surface area contributed by atoms with E-state index in [0.29, 0.717) is 17.1 Å². The smallest absolute Gasteiger partial charge is 0.407 e. The van der Waals surface area contributed by atoms with Gasteiger partial charge in [0, 0.05) is 30.5 Å². The molecule has 2 rings (SSSR count). The fraction of sp³-hybridized carbons (Fsp3) is 0.312. The van der Waals surface area contributed by atoms with Crippen LogP contribution < -0.4 is 10.6 Å². The van der Waals surface area contributed by atoms with Crippen LogP contribution in [0, 0.1) is 11.6 Å². The van der Waals surface area contributed by atoms with E-state index in [1.165, 1.54) is 17.4 Å². The van der Waals surface area contributed by atoms with Crippen molar-refractivity contribution in [2.45, 2.75) is 19.8 Å². The second-order valence-electron chi connectivity index (χ2n) is 5.00. The Hall–Kier alpha value is -2.55. The standard InChI is InChI=1S/C16H17F2N3O3S/c1-2-24-16(23)19-6-5-14(22)21-15-20-9-11(25-15)7-10-3-4-12(17)13(18)8-10/h3-4,8-9H,2,5-7H2,1H3,(H,19,23)(H,20,21,22). The van der Waals surface area contributed by atoms with Crippen LogP contribution in [0.4, 0.5) is 18.7 Å². The van der Waals surface area contributed by atoms with Gasteiger partial charge in [-0.3, -0.25) is 4.79 Å². The SMILES string of the molecule is CCOC(=O)NCCC(=O)Nc1ncc(Cc2ccc(F)c(F)c2)s1. The van der Waals surface area contributed by atoms with Gasteiger partial charge < -0.3 is 15.4 Å². The van der Waals surface area contributed by atoms with Crippen LogP contribution in [0.1, 0.15) is 23.8 Å². The Morgan fingerprint density at radius 2 is 2.08 bits per heavy atom. The maximum absolute atomic E-state index is 13.2. The highest BCUT2D eigenvalue weighted by Gasteiger charge is 2.09. The molecule has 0 aliphatic rings. The number of hydrogen-bond donors (Lipinski definition) is 2. The largest absolute Gasteiger partial charge is 0.450 e. The molecule has 0 spiro atoms. The monoisotopic (exact) mass is 369 g/mol. The normalized spacial score (nSPS) is 10.4. The Morgan fingerprint density at radius 3 is 2.80 bits per heavy atom. The molecule has 9 heteroatoms. The van der Waals surface area contributed by atoms with Crippen LogP contribution in [0.2, 0.25) is 0 Å². The highest BCUT2D eigenvalue weighted by Crippen LogP contribution is 2.22. The first-order chi connectivity index (χ1) is 12.0. The van der Waals surface area contributed by atoms with Crippen molar-refractivity contribution in [3.63, 3.8) is 0 Å². The second kappa shape index (κ2) is 9.07. The molecule has 0 fully saturated rings.